The summed E-state index contributed by atoms with van der Waals surface area (Å²) in [4.78, 5) is 10.5. The molecule has 0 aliphatic heterocycles. The van der Waals surface area contributed by atoms with Gasteiger partial charge < -0.3 is 9.84 Å². The Labute approximate surface area is 104 Å². The summed E-state index contributed by atoms with van der Waals surface area (Å²) in [5.74, 6) is -0.212. The molecule has 3 nitrogen and oxygen atoms in total. The molecule has 17 heavy (non-hydrogen) atoms. The number of carbonyl (C=O) groups is 1. The van der Waals surface area contributed by atoms with Gasteiger partial charge in [-0.15, -0.1) is 0 Å². The minimum absolute atomic E-state index is 0.269. The van der Waals surface area contributed by atoms with Gasteiger partial charge in [0.15, 0.2) is 0 Å². The van der Waals surface area contributed by atoms with Crippen LogP contribution in [0.2, 0.25) is 0 Å². The van der Waals surface area contributed by atoms with Crippen LogP contribution in [-0.4, -0.2) is 23.8 Å². The third-order valence-electron chi connectivity index (χ3n) is 3.26. The van der Waals surface area contributed by atoms with E-state index in [1.165, 1.54) is 12.5 Å². The van der Waals surface area contributed by atoms with Gasteiger partial charge in [0.25, 0.3) is 0 Å². The second kappa shape index (κ2) is 5.67. The van der Waals surface area contributed by atoms with Crippen molar-refractivity contribution in [2.24, 2.45) is 11.3 Å². The topological polar surface area (TPSA) is 46.5 Å². The lowest BCUT2D eigenvalue weighted by Crippen LogP contribution is -2.32. The molecule has 1 rings (SSSR count). The van der Waals surface area contributed by atoms with E-state index in [2.05, 4.69) is 20.8 Å². The highest BCUT2D eigenvalue weighted by atomic mass is 16.5. The monoisotopic (exact) mass is 240 g/mol. The molecule has 1 aliphatic rings. The Bertz CT molecular complexity index is 305. The SMILES string of the molecule is CC(=CC(=O)O)COC1CC(C)CC(C)(C)C1. The fourth-order valence-electron chi connectivity index (χ4n) is 2.89. The number of rotatable bonds is 4. The number of carboxylic acids is 1. The Kier molecular flexibility index (Phi) is 4.75. The molecule has 0 aromatic heterocycles. The Hall–Kier alpha value is -0.830. The fourth-order valence-corrected chi connectivity index (χ4v) is 2.89. The number of ether oxygens (including phenoxy) is 1. The van der Waals surface area contributed by atoms with E-state index >= 15 is 0 Å². The van der Waals surface area contributed by atoms with Crippen molar-refractivity contribution >= 4 is 5.97 Å². The lowest BCUT2D eigenvalue weighted by atomic mass is 9.71. The van der Waals surface area contributed by atoms with Gasteiger partial charge in [0.2, 0.25) is 0 Å². The maximum atomic E-state index is 10.5. The van der Waals surface area contributed by atoms with E-state index in [1.807, 2.05) is 0 Å². The Balaban J connectivity index is 2.44. The molecule has 0 heterocycles. The molecular formula is C14H24O3. The van der Waals surface area contributed by atoms with E-state index in [0.29, 0.717) is 17.9 Å². The normalized spacial score (nSPS) is 29.1. The fraction of sp³-hybridized carbons (Fsp3) is 0.786. The van der Waals surface area contributed by atoms with Gasteiger partial charge in [0, 0.05) is 6.08 Å². The van der Waals surface area contributed by atoms with Gasteiger partial charge in [-0.3, -0.25) is 0 Å². The smallest absolute Gasteiger partial charge is 0.328 e. The van der Waals surface area contributed by atoms with Crippen LogP contribution in [0.4, 0.5) is 0 Å². The Morgan fingerprint density at radius 1 is 1.47 bits per heavy atom. The maximum Gasteiger partial charge on any atom is 0.328 e. The summed E-state index contributed by atoms with van der Waals surface area (Å²) in [5.41, 5.74) is 1.11. The van der Waals surface area contributed by atoms with Crippen LogP contribution in [0.1, 0.15) is 47.0 Å². The lowest BCUT2D eigenvalue weighted by molar-refractivity contribution is -0.131. The first-order valence-electron chi connectivity index (χ1n) is 6.30. The van der Waals surface area contributed by atoms with Crippen LogP contribution in [0.5, 0.6) is 0 Å². The molecule has 0 amide bonds. The van der Waals surface area contributed by atoms with Crippen LogP contribution in [0, 0.1) is 11.3 Å². The first kappa shape index (κ1) is 14.2. The first-order valence-corrected chi connectivity index (χ1v) is 6.30. The molecule has 2 atom stereocenters. The van der Waals surface area contributed by atoms with Crippen LogP contribution in [-0.2, 0) is 9.53 Å². The van der Waals surface area contributed by atoms with Crippen molar-refractivity contribution in [2.45, 2.75) is 53.1 Å². The van der Waals surface area contributed by atoms with Gasteiger partial charge >= 0.3 is 5.97 Å². The van der Waals surface area contributed by atoms with Crippen LogP contribution in [0.25, 0.3) is 0 Å². The third kappa shape index (κ3) is 5.35. The molecule has 98 valence electrons. The first-order chi connectivity index (χ1) is 7.78. The second-order valence-electron chi connectivity index (χ2n) is 6.18. The predicted molar refractivity (Wildman–Crippen MR) is 67.9 cm³/mol. The highest BCUT2D eigenvalue weighted by Crippen LogP contribution is 2.39. The second-order valence-corrected chi connectivity index (χ2v) is 6.18. The molecule has 1 aliphatic carbocycles. The summed E-state index contributed by atoms with van der Waals surface area (Å²) in [6, 6.07) is 0. The number of carboxylic acid groups (broad SMARTS) is 1. The number of aliphatic carboxylic acids is 1. The van der Waals surface area contributed by atoms with Crippen molar-refractivity contribution in [1.82, 2.24) is 0 Å². The van der Waals surface area contributed by atoms with Crippen molar-refractivity contribution in [3.8, 4) is 0 Å². The summed E-state index contributed by atoms with van der Waals surface area (Å²) in [6.07, 6.45) is 4.89. The van der Waals surface area contributed by atoms with Crippen LogP contribution in [0.3, 0.4) is 0 Å². The zero-order valence-corrected chi connectivity index (χ0v) is 11.3. The van der Waals surface area contributed by atoms with Crippen LogP contribution < -0.4 is 0 Å². The highest BCUT2D eigenvalue weighted by Gasteiger charge is 2.32. The van der Waals surface area contributed by atoms with E-state index in [9.17, 15) is 4.79 Å². The van der Waals surface area contributed by atoms with Gasteiger partial charge in [0.05, 0.1) is 12.7 Å². The van der Waals surface area contributed by atoms with Crippen LogP contribution >= 0.6 is 0 Å². The molecule has 3 heteroatoms. The summed E-state index contributed by atoms with van der Waals surface area (Å²) in [6.45, 7) is 9.04. The van der Waals surface area contributed by atoms with Crippen molar-refractivity contribution in [3.05, 3.63) is 11.6 Å². The Morgan fingerprint density at radius 3 is 2.65 bits per heavy atom. The molecule has 1 N–H and O–H groups in total. The van der Waals surface area contributed by atoms with Gasteiger partial charge in [-0.1, -0.05) is 20.8 Å². The summed E-state index contributed by atoms with van der Waals surface area (Å²) in [5, 5.41) is 8.61. The number of hydrogen-bond donors (Lipinski definition) is 1. The molecule has 0 spiro atoms. The minimum Gasteiger partial charge on any atom is -0.478 e. The zero-order valence-electron chi connectivity index (χ0n) is 11.3. The van der Waals surface area contributed by atoms with Crippen molar-refractivity contribution in [2.75, 3.05) is 6.61 Å². The molecule has 1 fully saturated rings. The molecule has 2 unspecified atom stereocenters. The summed E-state index contributed by atoms with van der Waals surface area (Å²) >= 11 is 0. The standard InChI is InChI=1S/C14H24O3/c1-10-5-12(8-14(3,4)7-10)17-9-11(2)6-13(15)16/h6,10,12H,5,7-9H2,1-4H3,(H,15,16). The molecule has 0 aromatic rings. The van der Waals surface area contributed by atoms with Gasteiger partial charge in [-0.25, -0.2) is 4.79 Å². The van der Waals surface area contributed by atoms with Crippen molar-refractivity contribution < 1.29 is 14.6 Å². The summed E-state index contributed by atoms with van der Waals surface area (Å²) in [7, 11) is 0. The van der Waals surface area contributed by atoms with Gasteiger partial charge in [0.1, 0.15) is 0 Å². The molecule has 0 bridgehead atoms. The van der Waals surface area contributed by atoms with E-state index in [-0.39, 0.29) is 6.10 Å². The molecular weight excluding hydrogens is 216 g/mol. The van der Waals surface area contributed by atoms with Crippen molar-refractivity contribution in [1.29, 1.82) is 0 Å². The zero-order chi connectivity index (χ0) is 13.1. The number of hydrogen-bond acceptors (Lipinski definition) is 2. The van der Waals surface area contributed by atoms with E-state index in [1.54, 1.807) is 6.92 Å². The molecule has 0 radical (unpaired) electrons. The van der Waals surface area contributed by atoms with Gasteiger partial charge in [-0.2, -0.15) is 0 Å². The van der Waals surface area contributed by atoms with E-state index in [0.717, 1.165) is 18.4 Å². The molecule has 0 saturated heterocycles. The molecule has 1 saturated carbocycles. The largest absolute Gasteiger partial charge is 0.478 e. The highest BCUT2D eigenvalue weighted by molar-refractivity contribution is 5.80. The van der Waals surface area contributed by atoms with E-state index in [4.69, 9.17) is 9.84 Å². The quantitative estimate of drug-likeness (QED) is 0.767. The third-order valence-corrected chi connectivity index (χ3v) is 3.26. The van der Waals surface area contributed by atoms with Gasteiger partial charge in [-0.05, 0) is 43.1 Å². The lowest BCUT2D eigenvalue weighted by Gasteiger charge is -2.38. The predicted octanol–water partition coefficient (Wildman–Crippen LogP) is 3.25. The average Bonchev–Trinajstić information content (AvgIpc) is 2.10. The van der Waals surface area contributed by atoms with E-state index < -0.39 is 5.97 Å². The summed E-state index contributed by atoms with van der Waals surface area (Å²) < 4.78 is 5.82. The molecule has 0 aromatic carbocycles. The van der Waals surface area contributed by atoms with Crippen molar-refractivity contribution in [3.63, 3.8) is 0 Å². The maximum absolute atomic E-state index is 10.5. The average molecular weight is 240 g/mol. The minimum atomic E-state index is -0.900. The van der Waals surface area contributed by atoms with Crippen LogP contribution in [0.15, 0.2) is 11.6 Å². The Morgan fingerprint density at radius 2 is 2.12 bits per heavy atom.